The molecule has 2 heterocycles. The molecular formula is C20H24FN3O3. The fraction of sp³-hybridized carbons (Fsp3) is 0.450. The molecule has 1 aliphatic heterocycles. The van der Waals surface area contributed by atoms with Gasteiger partial charge in [-0.1, -0.05) is 18.2 Å². The summed E-state index contributed by atoms with van der Waals surface area (Å²) < 4.78 is 20.9. The maximum atomic E-state index is 14.3. The van der Waals surface area contributed by atoms with Gasteiger partial charge in [0.25, 0.3) is 0 Å². The molecule has 0 saturated carbocycles. The van der Waals surface area contributed by atoms with Gasteiger partial charge >= 0.3 is 5.97 Å². The van der Waals surface area contributed by atoms with Crippen LogP contribution in [0, 0.1) is 25.6 Å². The van der Waals surface area contributed by atoms with E-state index in [2.05, 4.69) is 5.10 Å². The van der Waals surface area contributed by atoms with E-state index < -0.39 is 17.8 Å². The van der Waals surface area contributed by atoms with Crippen LogP contribution in [0.15, 0.2) is 30.3 Å². The van der Waals surface area contributed by atoms with Crippen LogP contribution in [0.1, 0.15) is 29.3 Å². The summed E-state index contributed by atoms with van der Waals surface area (Å²) in [5.74, 6) is -1.83. The normalized spacial score (nSPS) is 19.3. The standard InChI is InChI=1S/C20H24FN3O3/c1-13-10-14(2)24(22-13)9-8-19(25)23-11-16(17(12-23)20(26)27-3)15-6-4-5-7-18(15)21/h4-7,10,16-17H,8-9,11-12H2,1-3H3/t16-,17+/m1/s1. The fourth-order valence-electron chi connectivity index (χ4n) is 3.75. The lowest BCUT2D eigenvalue weighted by atomic mass is 9.88. The minimum absolute atomic E-state index is 0.0738. The highest BCUT2D eigenvalue weighted by atomic mass is 19.1. The van der Waals surface area contributed by atoms with E-state index in [9.17, 15) is 14.0 Å². The fourth-order valence-corrected chi connectivity index (χ4v) is 3.75. The Morgan fingerprint density at radius 1 is 1.26 bits per heavy atom. The first-order valence-corrected chi connectivity index (χ1v) is 9.01. The summed E-state index contributed by atoms with van der Waals surface area (Å²) in [4.78, 5) is 26.5. The molecule has 0 spiro atoms. The first kappa shape index (κ1) is 19.1. The van der Waals surface area contributed by atoms with Crippen molar-refractivity contribution in [1.82, 2.24) is 14.7 Å². The van der Waals surface area contributed by atoms with Crippen LogP contribution >= 0.6 is 0 Å². The molecule has 1 aromatic carbocycles. The number of likely N-dealkylation sites (tertiary alicyclic amines) is 1. The SMILES string of the molecule is COC(=O)[C@H]1CN(C(=O)CCn2nc(C)cc2C)C[C@@H]1c1ccccc1F. The van der Waals surface area contributed by atoms with E-state index in [0.29, 0.717) is 18.7 Å². The number of carbonyl (C=O) groups excluding carboxylic acids is 2. The largest absolute Gasteiger partial charge is 0.469 e. The van der Waals surface area contributed by atoms with Crippen molar-refractivity contribution in [1.29, 1.82) is 0 Å². The van der Waals surface area contributed by atoms with Crippen molar-refractivity contribution < 1.29 is 18.7 Å². The van der Waals surface area contributed by atoms with Crippen molar-refractivity contribution in [3.05, 3.63) is 53.1 Å². The van der Waals surface area contributed by atoms with Gasteiger partial charge in [0, 0.05) is 37.7 Å². The second-order valence-electron chi connectivity index (χ2n) is 6.96. The number of methoxy groups -OCH3 is 1. The van der Waals surface area contributed by atoms with Crippen LogP contribution < -0.4 is 0 Å². The number of amides is 1. The van der Waals surface area contributed by atoms with E-state index in [1.54, 1.807) is 27.8 Å². The lowest BCUT2D eigenvalue weighted by Gasteiger charge is -2.17. The van der Waals surface area contributed by atoms with Gasteiger partial charge in [0.05, 0.1) is 18.7 Å². The number of esters is 1. The zero-order valence-electron chi connectivity index (χ0n) is 15.8. The molecule has 3 rings (SSSR count). The van der Waals surface area contributed by atoms with Crippen molar-refractivity contribution in [3.8, 4) is 0 Å². The molecule has 1 aliphatic rings. The molecule has 0 N–H and O–H groups in total. The van der Waals surface area contributed by atoms with Crippen molar-refractivity contribution in [3.63, 3.8) is 0 Å². The van der Waals surface area contributed by atoms with Gasteiger partial charge in [0.15, 0.2) is 0 Å². The van der Waals surface area contributed by atoms with Crippen LogP contribution in [0.5, 0.6) is 0 Å². The molecular weight excluding hydrogens is 349 g/mol. The van der Waals surface area contributed by atoms with Crippen molar-refractivity contribution in [2.24, 2.45) is 5.92 Å². The summed E-state index contributed by atoms with van der Waals surface area (Å²) >= 11 is 0. The summed E-state index contributed by atoms with van der Waals surface area (Å²) in [7, 11) is 1.31. The number of aromatic nitrogens is 2. The Morgan fingerprint density at radius 3 is 2.63 bits per heavy atom. The van der Waals surface area contributed by atoms with Crippen molar-refractivity contribution >= 4 is 11.9 Å². The Morgan fingerprint density at radius 2 is 2.00 bits per heavy atom. The molecule has 1 aromatic heterocycles. The van der Waals surface area contributed by atoms with Crippen molar-refractivity contribution in [2.75, 3.05) is 20.2 Å². The van der Waals surface area contributed by atoms with Gasteiger partial charge in [-0.05, 0) is 31.5 Å². The van der Waals surface area contributed by atoms with Gasteiger partial charge < -0.3 is 9.64 Å². The highest BCUT2D eigenvalue weighted by molar-refractivity contribution is 5.80. The topological polar surface area (TPSA) is 64.4 Å². The number of hydrogen-bond acceptors (Lipinski definition) is 4. The molecule has 7 heteroatoms. The van der Waals surface area contributed by atoms with Crippen LogP contribution in [0.4, 0.5) is 4.39 Å². The quantitative estimate of drug-likeness (QED) is 0.755. The molecule has 1 saturated heterocycles. The average molecular weight is 373 g/mol. The van der Waals surface area contributed by atoms with Gasteiger partial charge in [-0.15, -0.1) is 0 Å². The summed E-state index contributed by atoms with van der Waals surface area (Å²) in [5, 5.41) is 4.36. The van der Waals surface area contributed by atoms with E-state index in [0.717, 1.165) is 11.4 Å². The molecule has 144 valence electrons. The molecule has 2 aromatic rings. The number of nitrogens with zero attached hydrogens (tertiary/aromatic N) is 3. The van der Waals surface area contributed by atoms with Gasteiger partial charge in [-0.25, -0.2) is 4.39 Å². The summed E-state index contributed by atoms with van der Waals surface area (Å²) in [6.45, 7) is 4.87. The van der Waals surface area contributed by atoms with Gasteiger partial charge in [0.1, 0.15) is 5.82 Å². The van der Waals surface area contributed by atoms with Gasteiger partial charge in [-0.3, -0.25) is 14.3 Å². The summed E-state index contributed by atoms with van der Waals surface area (Å²) in [5.41, 5.74) is 2.35. The Kier molecular flexibility index (Phi) is 5.58. The first-order valence-electron chi connectivity index (χ1n) is 9.01. The maximum absolute atomic E-state index is 14.3. The van der Waals surface area contributed by atoms with E-state index >= 15 is 0 Å². The molecule has 0 bridgehead atoms. The molecule has 1 fully saturated rings. The Balaban J connectivity index is 1.73. The zero-order valence-corrected chi connectivity index (χ0v) is 15.8. The summed E-state index contributed by atoms with van der Waals surface area (Å²) in [6, 6.07) is 8.34. The minimum atomic E-state index is -0.565. The molecule has 0 radical (unpaired) electrons. The third kappa shape index (κ3) is 4.02. The highest BCUT2D eigenvalue weighted by Crippen LogP contribution is 2.35. The van der Waals surface area contributed by atoms with Crippen molar-refractivity contribution in [2.45, 2.75) is 32.7 Å². The maximum Gasteiger partial charge on any atom is 0.311 e. The monoisotopic (exact) mass is 373 g/mol. The predicted octanol–water partition coefficient (Wildman–Crippen LogP) is 2.44. The van der Waals surface area contributed by atoms with Gasteiger partial charge in [0.2, 0.25) is 5.91 Å². The predicted molar refractivity (Wildman–Crippen MR) is 97.5 cm³/mol. The number of carbonyl (C=O) groups is 2. The van der Waals surface area contributed by atoms with Crippen LogP contribution in [-0.2, 0) is 20.9 Å². The van der Waals surface area contributed by atoms with E-state index in [-0.39, 0.29) is 24.7 Å². The highest BCUT2D eigenvalue weighted by Gasteiger charge is 2.41. The summed E-state index contributed by atoms with van der Waals surface area (Å²) in [6.07, 6.45) is 0.278. The van der Waals surface area contributed by atoms with E-state index in [1.807, 2.05) is 19.9 Å². The Labute approximate surface area is 157 Å². The van der Waals surface area contributed by atoms with Crippen LogP contribution in [-0.4, -0.2) is 46.8 Å². The second-order valence-corrected chi connectivity index (χ2v) is 6.96. The molecule has 1 amide bonds. The number of rotatable bonds is 5. The number of ether oxygens (including phenoxy) is 1. The third-order valence-electron chi connectivity index (χ3n) is 5.12. The molecule has 6 nitrogen and oxygen atoms in total. The average Bonchev–Trinajstić information content (AvgIpc) is 3.22. The molecule has 2 atom stereocenters. The van der Waals surface area contributed by atoms with Gasteiger partial charge in [-0.2, -0.15) is 5.10 Å². The zero-order chi connectivity index (χ0) is 19.6. The number of aryl methyl sites for hydroxylation is 3. The lowest BCUT2D eigenvalue weighted by Crippen LogP contribution is -2.31. The number of hydrogen-bond donors (Lipinski definition) is 0. The van der Waals surface area contributed by atoms with Crippen LogP contribution in [0.2, 0.25) is 0 Å². The number of halogens is 1. The Bertz CT molecular complexity index is 849. The minimum Gasteiger partial charge on any atom is -0.469 e. The Hall–Kier alpha value is -2.70. The number of benzene rings is 1. The molecule has 27 heavy (non-hydrogen) atoms. The second kappa shape index (κ2) is 7.90. The van der Waals surface area contributed by atoms with E-state index in [4.69, 9.17) is 4.74 Å². The van der Waals surface area contributed by atoms with Crippen LogP contribution in [0.25, 0.3) is 0 Å². The van der Waals surface area contributed by atoms with Crippen LogP contribution in [0.3, 0.4) is 0 Å². The molecule has 0 unspecified atom stereocenters. The lowest BCUT2D eigenvalue weighted by molar-refractivity contribution is -0.145. The third-order valence-corrected chi connectivity index (χ3v) is 5.12. The van der Waals surface area contributed by atoms with E-state index in [1.165, 1.54) is 13.2 Å². The smallest absolute Gasteiger partial charge is 0.311 e. The molecule has 0 aliphatic carbocycles. The first-order chi connectivity index (χ1) is 12.9.